The SMILES string of the molecule is N#Cc1ccc([C@@H](N)CN)cn1. The molecule has 1 atom stereocenters. The van der Waals surface area contributed by atoms with Crippen molar-refractivity contribution >= 4 is 0 Å². The molecule has 0 amide bonds. The lowest BCUT2D eigenvalue weighted by Crippen LogP contribution is -2.20. The molecular formula is C8H10N4. The lowest BCUT2D eigenvalue weighted by atomic mass is 10.1. The average molecular weight is 162 g/mol. The normalized spacial score (nSPS) is 12.1. The number of rotatable bonds is 2. The zero-order valence-corrected chi connectivity index (χ0v) is 6.57. The molecular weight excluding hydrogens is 152 g/mol. The molecule has 0 aromatic carbocycles. The van der Waals surface area contributed by atoms with Crippen LogP contribution in [0.4, 0.5) is 0 Å². The third-order valence-electron chi connectivity index (χ3n) is 1.58. The molecule has 0 fully saturated rings. The Hall–Kier alpha value is -1.44. The molecule has 0 spiro atoms. The molecule has 0 radical (unpaired) electrons. The molecule has 0 unspecified atom stereocenters. The number of hydrogen-bond donors (Lipinski definition) is 2. The molecule has 62 valence electrons. The van der Waals surface area contributed by atoms with Crippen LogP contribution in [-0.4, -0.2) is 11.5 Å². The molecule has 4 nitrogen and oxygen atoms in total. The highest BCUT2D eigenvalue weighted by Crippen LogP contribution is 2.06. The van der Waals surface area contributed by atoms with Crippen LogP contribution in [0.25, 0.3) is 0 Å². The smallest absolute Gasteiger partial charge is 0.140 e. The van der Waals surface area contributed by atoms with Crippen molar-refractivity contribution in [1.29, 1.82) is 5.26 Å². The Kier molecular flexibility index (Phi) is 2.75. The summed E-state index contributed by atoms with van der Waals surface area (Å²) in [5.74, 6) is 0. The van der Waals surface area contributed by atoms with Crippen molar-refractivity contribution in [2.75, 3.05) is 6.54 Å². The number of pyridine rings is 1. The minimum absolute atomic E-state index is 0.190. The number of aromatic nitrogens is 1. The third kappa shape index (κ3) is 1.78. The van der Waals surface area contributed by atoms with Gasteiger partial charge in [0, 0.05) is 18.8 Å². The molecule has 12 heavy (non-hydrogen) atoms. The zero-order valence-electron chi connectivity index (χ0n) is 6.57. The van der Waals surface area contributed by atoms with Gasteiger partial charge in [0.15, 0.2) is 0 Å². The summed E-state index contributed by atoms with van der Waals surface area (Å²) in [5, 5.41) is 8.46. The van der Waals surface area contributed by atoms with Crippen molar-refractivity contribution in [2.45, 2.75) is 6.04 Å². The quantitative estimate of drug-likeness (QED) is 0.636. The van der Waals surface area contributed by atoms with Gasteiger partial charge in [-0.1, -0.05) is 6.07 Å². The number of hydrogen-bond acceptors (Lipinski definition) is 4. The third-order valence-corrected chi connectivity index (χ3v) is 1.58. The molecule has 0 saturated heterocycles. The molecule has 0 saturated carbocycles. The van der Waals surface area contributed by atoms with Gasteiger partial charge in [0.05, 0.1) is 0 Å². The van der Waals surface area contributed by atoms with Crippen LogP contribution < -0.4 is 11.5 Å². The van der Waals surface area contributed by atoms with Gasteiger partial charge in [-0.15, -0.1) is 0 Å². The van der Waals surface area contributed by atoms with Crippen molar-refractivity contribution in [3.63, 3.8) is 0 Å². The van der Waals surface area contributed by atoms with E-state index in [1.54, 1.807) is 18.3 Å². The van der Waals surface area contributed by atoms with Gasteiger partial charge < -0.3 is 11.5 Å². The first kappa shape index (κ1) is 8.65. The molecule has 1 heterocycles. The summed E-state index contributed by atoms with van der Waals surface area (Å²) in [5.41, 5.74) is 12.2. The lowest BCUT2D eigenvalue weighted by molar-refractivity contribution is 0.732. The van der Waals surface area contributed by atoms with Crippen LogP contribution in [-0.2, 0) is 0 Å². The van der Waals surface area contributed by atoms with Crippen LogP contribution in [0.1, 0.15) is 17.3 Å². The number of nitrogens with two attached hydrogens (primary N) is 2. The van der Waals surface area contributed by atoms with E-state index in [1.165, 1.54) is 0 Å². The predicted octanol–water partition coefficient (Wildman–Crippen LogP) is -0.0882. The fourth-order valence-corrected chi connectivity index (χ4v) is 0.827. The Labute approximate surface area is 70.8 Å². The highest BCUT2D eigenvalue weighted by molar-refractivity contribution is 5.24. The van der Waals surface area contributed by atoms with Crippen molar-refractivity contribution in [1.82, 2.24) is 4.98 Å². The van der Waals surface area contributed by atoms with Crippen molar-refractivity contribution < 1.29 is 0 Å². The minimum Gasteiger partial charge on any atom is -0.329 e. The molecule has 4 heteroatoms. The number of nitrogens with zero attached hydrogens (tertiary/aromatic N) is 2. The van der Waals surface area contributed by atoms with Crippen molar-refractivity contribution in [3.8, 4) is 6.07 Å². The van der Waals surface area contributed by atoms with Gasteiger partial charge in [-0.2, -0.15) is 5.26 Å². The zero-order chi connectivity index (χ0) is 8.97. The fourth-order valence-electron chi connectivity index (χ4n) is 0.827. The lowest BCUT2D eigenvalue weighted by Gasteiger charge is -2.06. The monoisotopic (exact) mass is 162 g/mol. The van der Waals surface area contributed by atoms with E-state index in [2.05, 4.69) is 4.98 Å². The molecule has 1 aromatic heterocycles. The largest absolute Gasteiger partial charge is 0.329 e. The summed E-state index contributed by atoms with van der Waals surface area (Å²) in [6, 6.07) is 5.14. The van der Waals surface area contributed by atoms with Gasteiger partial charge >= 0.3 is 0 Å². The predicted molar refractivity (Wildman–Crippen MR) is 44.9 cm³/mol. The molecule has 0 aliphatic heterocycles. The Morgan fingerprint density at radius 1 is 1.58 bits per heavy atom. The standard InChI is InChI=1S/C8H10N4/c9-3-7-2-1-6(5-12-7)8(11)4-10/h1-2,5,8H,4,10-11H2/t8-/m0/s1. The summed E-state index contributed by atoms with van der Waals surface area (Å²) in [6.45, 7) is 0.383. The van der Waals surface area contributed by atoms with E-state index in [-0.39, 0.29) is 6.04 Å². The molecule has 1 aromatic rings. The first-order chi connectivity index (χ1) is 5.77. The van der Waals surface area contributed by atoms with E-state index in [0.717, 1.165) is 5.56 Å². The summed E-state index contributed by atoms with van der Waals surface area (Å²) >= 11 is 0. The highest BCUT2D eigenvalue weighted by atomic mass is 14.7. The van der Waals surface area contributed by atoms with E-state index in [4.69, 9.17) is 16.7 Å². The van der Waals surface area contributed by atoms with Crippen LogP contribution in [0, 0.1) is 11.3 Å². The van der Waals surface area contributed by atoms with Crippen LogP contribution in [0.3, 0.4) is 0 Å². The molecule has 0 bridgehead atoms. The second-order valence-corrected chi connectivity index (χ2v) is 2.43. The topological polar surface area (TPSA) is 88.7 Å². The Morgan fingerprint density at radius 3 is 2.75 bits per heavy atom. The number of nitriles is 1. The van der Waals surface area contributed by atoms with Crippen LogP contribution in [0.2, 0.25) is 0 Å². The van der Waals surface area contributed by atoms with Gasteiger partial charge in [0.25, 0.3) is 0 Å². The average Bonchev–Trinajstić information content (AvgIpc) is 2.17. The first-order valence-electron chi connectivity index (χ1n) is 3.59. The summed E-state index contributed by atoms with van der Waals surface area (Å²) in [4.78, 5) is 3.87. The van der Waals surface area contributed by atoms with Crippen LogP contribution in [0.15, 0.2) is 18.3 Å². The van der Waals surface area contributed by atoms with Crippen LogP contribution >= 0.6 is 0 Å². The summed E-state index contributed by atoms with van der Waals surface area (Å²) in [7, 11) is 0. The van der Waals surface area contributed by atoms with Crippen LogP contribution in [0.5, 0.6) is 0 Å². The highest BCUT2D eigenvalue weighted by Gasteiger charge is 2.02. The molecule has 1 rings (SSSR count). The minimum atomic E-state index is -0.190. The van der Waals surface area contributed by atoms with Gasteiger partial charge in [-0.25, -0.2) is 4.98 Å². The molecule has 0 aliphatic carbocycles. The first-order valence-corrected chi connectivity index (χ1v) is 3.59. The summed E-state index contributed by atoms with van der Waals surface area (Å²) < 4.78 is 0. The Balaban J connectivity index is 2.86. The van der Waals surface area contributed by atoms with E-state index in [9.17, 15) is 0 Å². The Bertz CT molecular complexity index is 285. The molecule has 4 N–H and O–H groups in total. The fraction of sp³-hybridized carbons (Fsp3) is 0.250. The second kappa shape index (κ2) is 3.81. The van der Waals surface area contributed by atoms with Crippen molar-refractivity contribution in [2.24, 2.45) is 11.5 Å². The second-order valence-electron chi connectivity index (χ2n) is 2.43. The van der Waals surface area contributed by atoms with E-state index < -0.39 is 0 Å². The van der Waals surface area contributed by atoms with Gasteiger partial charge in [-0.05, 0) is 11.6 Å². The maximum Gasteiger partial charge on any atom is 0.140 e. The summed E-state index contributed by atoms with van der Waals surface area (Å²) in [6.07, 6.45) is 1.58. The maximum atomic E-state index is 8.46. The van der Waals surface area contributed by atoms with Crippen molar-refractivity contribution in [3.05, 3.63) is 29.6 Å². The molecule has 0 aliphatic rings. The van der Waals surface area contributed by atoms with E-state index in [1.807, 2.05) is 6.07 Å². The van der Waals surface area contributed by atoms with Gasteiger partial charge in [-0.3, -0.25) is 0 Å². The Morgan fingerprint density at radius 2 is 2.33 bits per heavy atom. The maximum absolute atomic E-state index is 8.46. The van der Waals surface area contributed by atoms with E-state index >= 15 is 0 Å². The van der Waals surface area contributed by atoms with Gasteiger partial charge in [0.2, 0.25) is 0 Å². The van der Waals surface area contributed by atoms with Gasteiger partial charge in [0.1, 0.15) is 11.8 Å². The van der Waals surface area contributed by atoms with E-state index in [0.29, 0.717) is 12.2 Å².